The molecule has 196 valence electrons. The van der Waals surface area contributed by atoms with Crippen molar-refractivity contribution in [1.82, 2.24) is 20.0 Å². The second-order valence-corrected chi connectivity index (χ2v) is 9.33. The van der Waals surface area contributed by atoms with E-state index in [2.05, 4.69) is 22.3 Å². The molecule has 2 amide bonds. The average Bonchev–Trinajstić information content (AvgIpc) is 3.42. The molecule has 2 N–H and O–H groups in total. The van der Waals surface area contributed by atoms with Crippen LogP contribution in [-0.4, -0.2) is 46.6 Å². The van der Waals surface area contributed by atoms with Gasteiger partial charge < -0.3 is 15.5 Å². The Morgan fingerprint density at radius 3 is 2.62 bits per heavy atom. The van der Waals surface area contributed by atoms with E-state index in [9.17, 15) is 22.8 Å². The first kappa shape index (κ1) is 26.7. The van der Waals surface area contributed by atoms with Crippen molar-refractivity contribution in [3.8, 4) is 0 Å². The molecular weight excluding hydrogens is 537 g/mol. The summed E-state index contributed by atoms with van der Waals surface area (Å²) in [6.07, 6.45) is -3.41. The number of anilines is 1. The average molecular weight is 558 g/mol. The van der Waals surface area contributed by atoms with E-state index in [1.807, 2.05) is 0 Å². The number of aromatic nitrogens is 2. The van der Waals surface area contributed by atoms with E-state index in [0.717, 1.165) is 12.1 Å². The molecular formula is C24H21Cl2F4N5O2. The van der Waals surface area contributed by atoms with E-state index >= 15 is 4.39 Å². The maximum Gasteiger partial charge on any atom is 0.433 e. The summed E-state index contributed by atoms with van der Waals surface area (Å²) < 4.78 is 57.2. The topological polar surface area (TPSA) is 79.3 Å². The normalized spacial score (nSPS) is 17.8. The number of carbonyl (C=O) groups is 2. The van der Waals surface area contributed by atoms with Gasteiger partial charge in [-0.3, -0.25) is 9.59 Å². The number of hydrogen-bond donors (Lipinski definition) is 2. The molecule has 2 aromatic carbocycles. The van der Waals surface area contributed by atoms with Crippen LogP contribution >= 0.6 is 23.2 Å². The van der Waals surface area contributed by atoms with Crippen LogP contribution in [0, 0.1) is 5.82 Å². The molecule has 2 heterocycles. The Morgan fingerprint density at radius 1 is 1.24 bits per heavy atom. The zero-order valence-corrected chi connectivity index (χ0v) is 20.9. The zero-order chi connectivity index (χ0) is 27.1. The molecule has 0 spiro atoms. The van der Waals surface area contributed by atoms with Gasteiger partial charge in [0, 0.05) is 36.8 Å². The van der Waals surface area contributed by atoms with Gasteiger partial charge in [-0.05, 0) is 42.8 Å². The number of fused-ring (bicyclic) bond motifs is 1. The molecule has 0 radical (unpaired) electrons. The van der Waals surface area contributed by atoms with Gasteiger partial charge in [0.15, 0.2) is 5.69 Å². The molecule has 1 aromatic heterocycles. The zero-order valence-electron chi connectivity index (χ0n) is 19.4. The summed E-state index contributed by atoms with van der Waals surface area (Å²) in [7, 11) is 1.31. The number of halogens is 6. The van der Waals surface area contributed by atoms with Crippen LogP contribution < -0.4 is 10.6 Å². The van der Waals surface area contributed by atoms with Crippen molar-refractivity contribution in [2.24, 2.45) is 0 Å². The van der Waals surface area contributed by atoms with Crippen LogP contribution in [0.5, 0.6) is 0 Å². The lowest BCUT2D eigenvalue weighted by atomic mass is 9.87. The summed E-state index contributed by atoms with van der Waals surface area (Å²) in [6, 6.07) is 6.44. The maximum atomic E-state index is 15.2. The van der Waals surface area contributed by atoms with Crippen LogP contribution in [0.3, 0.4) is 0 Å². The molecule has 1 aliphatic heterocycles. The molecule has 7 nitrogen and oxygen atoms in total. The van der Waals surface area contributed by atoms with Gasteiger partial charge in [0.2, 0.25) is 11.8 Å². The summed E-state index contributed by atoms with van der Waals surface area (Å²) in [6.45, 7) is 3.09. The van der Waals surface area contributed by atoms with Crippen molar-refractivity contribution in [2.45, 2.75) is 24.7 Å². The third-order valence-electron chi connectivity index (χ3n) is 6.24. The third kappa shape index (κ3) is 4.97. The fourth-order valence-electron chi connectivity index (χ4n) is 4.58. The summed E-state index contributed by atoms with van der Waals surface area (Å²) in [4.78, 5) is 25.6. The van der Waals surface area contributed by atoms with E-state index in [0.29, 0.717) is 10.4 Å². The van der Waals surface area contributed by atoms with Crippen LogP contribution in [0.1, 0.15) is 17.7 Å². The molecule has 1 atom stereocenters. The highest BCUT2D eigenvalue weighted by Crippen LogP contribution is 2.44. The SMILES string of the molecule is C=CC(=O)N1CC[C@@](Nc2ccc3c(C(F)(F)F)n(CC(=O)NC)nc3c2)(c2c(F)ccc(Cl)c2Cl)C1. The van der Waals surface area contributed by atoms with E-state index in [-0.39, 0.29) is 51.9 Å². The van der Waals surface area contributed by atoms with E-state index < -0.39 is 35.7 Å². The summed E-state index contributed by atoms with van der Waals surface area (Å²) in [5.74, 6) is -1.69. The Labute approximate surface area is 219 Å². The number of hydrogen-bond acceptors (Lipinski definition) is 4. The molecule has 0 saturated carbocycles. The predicted molar refractivity (Wildman–Crippen MR) is 132 cm³/mol. The van der Waals surface area contributed by atoms with E-state index in [1.54, 1.807) is 0 Å². The van der Waals surface area contributed by atoms with Crippen molar-refractivity contribution in [2.75, 3.05) is 25.5 Å². The van der Waals surface area contributed by atoms with Gasteiger partial charge in [-0.2, -0.15) is 18.3 Å². The standard InChI is InChI=1S/C24H21Cl2F4N5O2/c1-3-19(37)34-9-8-23(12-34,20-16(27)7-6-15(25)21(20)26)32-13-4-5-14-17(10-13)33-35(11-18(36)31-2)22(14)24(28,29)30/h3-7,10,32H,1,8-9,11-12H2,2H3,(H,31,36)/t23-/m0/s1. The Hall–Kier alpha value is -3.31. The monoisotopic (exact) mass is 557 g/mol. The van der Waals surface area contributed by atoms with Gasteiger partial charge in [-0.15, -0.1) is 0 Å². The second kappa shape index (κ2) is 9.86. The summed E-state index contributed by atoms with van der Waals surface area (Å²) in [5, 5.41) is 9.30. The number of rotatable bonds is 6. The van der Waals surface area contributed by atoms with E-state index in [1.165, 1.54) is 36.2 Å². The minimum atomic E-state index is -4.77. The molecule has 37 heavy (non-hydrogen) atoms. The summed E-state index contributed by atoms with van der Waals surface area (Å²) >= 11 is 12.6. The van der Waals surface area contributed by atoms with Crippen LogP contribution in [0.2, 0.25) is 10.0 Å². The number of carbonyl (C=O) groups excluding carboxylic acids is 2. The highest BCUT2D eigenvalue weighted by molar-refractivity contribution is 6.42. The Balaban J connectivity index is 1.82. The van der Waals surface area contributed by atoms with E-state index in [4.69, 9.17) is 23.2 Å². The minimum absolute atomic E-state index is 0.00815. The molecule has 3 aromatic rings. The molecule has 0 unspecified atom stereocenters. The van der Waals surface area contributed by atoms with Crippen LogP contribution in [0.4, 0.5) is 23.2 Å². The maximum absolute atomic E-state index is 15.2. The third-order valence-corrected chi connectivity index (χ3v) is 7.05. The minimum Gasteiger partial charge on any atom is -0.373 e. The van der Waals surface area contributed by atoms with Crippen molar-refractivity contribution in [3.05, 3.63) is 70.1 Å². The predicted octanol–water partition coefficient (Wildman–Crippen LogP) is 4.97. The smallest absolute Gasteiger partial charge is 0.373 e. The van der Waals surface area contributed by atoms with Crippen LogP contribution in [-0.2, 0) is 27.8 Å². The highest BCUT2D eigenvalue weighted by atomic mass is 35.5. The molecule has 1 aliphatic rings. The number of alkyl halides is 3. The number of amides is 2. The van der Waals surface area contributed by atoms with Gasteiger partial charge >= 0.3 is 6.18 Å². The quantitative estimate of drug-likeness (QED) is 0.255. The lowest BCUT2D eigenvalue weighted by Gasteiger charge is -2.33. The van der Waals surface area contributed by atoms with Gasteiger partial charge in [-0.1, -0.05) is 29.8 Å². The van der Waals surface area contributed by atoms with Gasteiger partial charge in [0.1, 0.15) is 12.4 Å². The first-order valence-corrected chi connectivity index (χ1v) is 11.8. The number of nitrogens with one attached hydrogen (secondary N) is 2. The van der Waals surface area contributed by atoms with Crippen LogP contribution in [0.15, 0.2) is 43.0 Å². The number of benzene rings is 2. The van der Waals surface area contributed by atoms with Crippen molar-refractivity contribution >= 4 is 51.6 Å². The Bertz CT molecular complexity index is 1410. The van der Waals surface area contributed by atoms with Gasteiger partial charge in [0.05, 0.1) is 21.1 Å². The van der Waals surface area contributed by atoms with Gasteiger partial charge in [0.25, 0.3) is 0 Å². The first-order chi connectivity index (χ1) is 17.4. The molecule has 13 heteroatoms. The summed E-state index contributed by atoms with van der Waals surface area (Å²) in [5.41, 5.74) is -2.03. The molecule has 1 fully saturated rings. The lowest BCUT2D eigenvalue weighted by molar-refractivity contribution is -0.143. The van der Waals surface area contributed by atoms with Crippen molar-refractivity contribution in [3.63, 3.8) is 0 Å². The lowest BCUT2D eigenvalue weighted by Crippen LogP contribution is -2.41. The fraction of sp³-hybridized carbons (Fsp3) is 0.292. The number of likely N-dealkylation sites (tertiary alicyclic amines) is 1. The first-order valence-electron chi connectivity index (χ1n) is 11.0. The van der Waals surface area contributed by atoms with Crippen molar-refractivity contribution < 1.29 is 27.2 Å². The van der Waals surface area contributed by atoms with Gasteiger partial charge in [-0.25, -0.2) is 9.07 Å². The second-order valence-electron chi connectivity index (χ2n) is 8.55. The number of likely N-dealkylation sites (N-methyl/N-ethyl adjacent to an activating group) is 1. The van der Waals surface area contributed by atoms with Crippen molar-refractivity contribution in [1.29, 1.82) is 0 Å². The Kier molecular flexibility index (Phi) is 7.13. The molecule has 4 rings (SSSR count). The van der Waals surface area contributed by atoms with Crippen LogP contribution in [0.25, 0.3) is 10.9 Å². The molecule has 0 aliphatic carbocycles. The Morgan fingerprint density at radius 2 is 1.97 bits per heavy atom. The number of nitrogens with zero attached hydrogens (tertiary/aromatic N) is 3. The largest absolute Gasteiger partial charge is 0.433 e. The molecule has 0 bridgehead atoms. The highest BCUT2D eigenvalue weighted by Gasteiger charge is 2.45. The molecule has 1 saturated heterocycles. The fourth-order valence-corrected chi connectivity index (χ4v) is 5.07.